The van der Waals surface area contributed by atoms with Crippen molar-refractivity contribution < 1.29 is 60.0 Å². The Balaban J connectivity index is 2.01. The summed E-state index contributed by atoms with van der Waals surface area (Å²) >= 11 is 0. The number of nitrogens with one attached hydrogen (secondary N) is 1. The zero-order valence-electron chi connectivity index (χ0n) is 20.7. The smallest absolute Gasteiger partial charge is 0.427 e. The number of rotatable bonds is 8. The third-order valence-corrected chi connectivity index (χ3v) is 7.43. The van der Waals surface area contributed by atoms with Gasteiger partial charge in [-0.2, -0.15) is 13.2 Å². The van der Waals surface area contributed by atoms with E-state index in [-0.39, 0.29) is 22.9 Å². The van der Waals surface area contributed by atoms with Crippen LogP contribution in [-0.4, -0.2) is 68.3 Å². The van der Waals surface area contributed by atoms with E-state index in [4.69, 9.17) is 14.6 Å². The van der Waals surface area contributed by atoms with Crippen molar-refractivity contribution in [1.82, 2.24) is 0 Å². The number of alkyl halides is 3. The Hall–Kier alpha value is -3.79. The number of sulfonamides is 1. The van der Waals surface area contributed by atoms with Crippen molar-refractivity contribution in [3.63, 3.8) is 0 Å². The molecule has 0 saturated carbocycles. The van der Waals surface area contributed by atoms with Gasteiger partial charge in [-0.25, -0.2) is 22.4 Å². The number of halogens is 4. The average molecular weight is 581 g/mol. The number of fused-ring (bicyclic) bond motifs is 1. The molecule has 2 atom stereocenters. The highest BCUT2D eigenvalue weighted by molar-refractivity contribution is 7.92. The first-order valence-electron chi connectivity index (χ1n) is 11.1. The summed E-state index contributed by atoms with van der Waals surface area (Å²) in [5, 5.41) is 20.9. The number of carboxylic acids is 1. The number of anilines is 2. The topological polar surface area (TPSA) is 152 Å². The maximum atomic E-state index is 13.9. The lowest BCUT2D eigenvalue weighted by atomic mass is 10.1. The third kappa shape index (κ3) is 6.44. The summed E-state index contributed by atoms with van der Waals surface area (Å²) in [6.07, 6.45) is -9.90. The first kappa shape index (κ1) is 29.8. The molecule has 39 heavy (non-hydrogen) atoms. The van der Waals surface area contributed by atoms with Crippen LogP contribution < -0.4 is 19.1 Å². The summed E-state index contributed by atoms with van der Waals surface area (Å²) in [5.74, 6) is -2.90. The highest BCUT2D eigenvalue weighted by Crippen LogP contribution is 2.40. The van der Waals surface area contributed by atoms with Gasteiger partial charge in [0.05, 0.1) is 24.2 Å². The van der Waals surface area contributed by atoms with Crippen molar-refractivity contribution >= 4 is 33.5 Å². The zero-order valence-corrected chi connectivity index (χ0v) is 21.5. The molecule has 3 N–H and O–H groups in total. The maximum absolute atomic E-state index is 13.9. The second kappa shape index (κ2) is 10.8. The Labute approximate surface area is 219 Å². The average Bonchev–Trinajstić information content (AvgIpc) is 2.82. The standard InChI is InChI=1S/C23H24F4N2O9S/c1-22(2,23(25,26)27)38-21(33)28-12-4-7-18-16(8-12)29(11-13(37-18)9-17(30)20(31)32)39(34,35)14-5-6-15(24)19(10-14)36-3/h4-8,10,13,17,30H,9,11H2,1-3H3,(H,28,33)(H,31,32)/t13-,17?/m0/s1. The Morgan fingerprint density at radius 1 is 1.21 bits per heavy atom. The van der Waals surface area contributed by atoms with E-state index >= 15 is 0 Å². The third-order valence-electron chi connectivity index (χ3n) is 5.65. The van der Waals surface area contributed by atoms with E-state index in [2.05, 4.69) is 10.1 Å². The minimum Gasteiger partial charge on any atom is -0.494 e. The molecule has 0 fully saturated rings. The van der Waals surface area contributed by atoms with Crippen LogP contribution in [0.4, 0.5) is 33.7 Å². The molecule has 1 unspecified atom stereocenters. The monoisotopic (exact) mass is 580 g/mol. The lowest BCUT2D eigenvalue weighted by Crippen LogP contribution is -2.45. The summed E-state index contributed by atoms with van der Waals surface area (Å²) in [5.41, 5.74) is -3.18. The van der Waals surface area contributed by atoms with Crippen molar-refractivity contribution in [3.8, 4) is 11.5 Å². The number of benzene rings is 2. The van der Waals surface area contributed by atoms with Gasteiger partial charge in [0.15, 0.2) is 17.7 Å². The second-order valence-electron chi connectivity index (χ2n) is 8.87. The number of aliphatic hydroxyl groups excluding tert-OH is 1. The molecular weight excluding hydrogens is 556 g/mol. The fourth-order valence-corrected chi connectivity index (χ4v) is 4.97. The largest absolute Gasteiger partial charge is 0.494 e. The van der Waals surface area contributed by atoms with Gasteiger partial charge < -0.3 is 24.4 Å². The van der Waals surface area contributed by atoms with Crippen molar-refractivity contribution in [1.29, 1.82) is 0 Å². The van der Waals surface area contributed by atoms with Crippen LogP contribution in [0.25, 0.3) is 0 Å². The number of carbonyl (C=O) groups is 2. The normalized spacial score (nSPS) is 16.5. The van der Waals surface area contributed by atoms with Gasteiger partial charge in [-0.3, -0.25) is 9.62 Å². The molecule has 1 aliphatic heterocycles. The van der Waals surface area contributed by atoms with E-state index in [0.717, 1.165) is 35.7 Å². The summed E-state index contributed by atoms with van der Waals surface area (Å²) < 4.78 is 96.1. The molecule has 1 heterocycles. The molecule has 0 spiro atoms. The predicted octanol–water partition coefficient (Wildman–Crippen LogP) is 3.52. The van der Waals surface area contributed by atoms with Crippen LogP contribution in [0.2, 0.25) is 0 Å². The molecule has 214 valence electrons. The zero-order chi connectivity index (χ0) is 29.3. The Bertz CT molecular complexity index is 1370. The number of hydrogen-bond donors (Lipinski definition) is 3. The molecule has 1 aliphatic rings. The highest BCUT2D eigenvalue weighted by Gasteiger charge is 2.51. The molecular formula is C23H24F4N2O9S. The van der Waals surface area contributed by atoms with Gasteiger partial charge in [0.2, 0.25) is 5.60 Å². The maximum Gasteiger partial charge on any atom is 0.427 e. The molecule has 0 aliphatic carbocycles. The van der Waals surface area contributed by atoms with E-state index in [9.17, 15) is 40.7 Å². The molecule has 3 rings (SSSR count). The number of aliphatic hydroxyl groups is 1. The van der Waals surface area contributed by atoms with Gasteiger partial charge in [0.25, 0.3) is 10.0 Å². The SMILES string of the molecule is COc1cc(S(=O)(=O)N2C[C@H](CC(O)C(=O)O)Oc3ccc(NC(=O)OC(C)(C)C(F)(F)F)cc32)ccc1F. The highest BCUT2D eigenvalue weighted by atomic mass is 32.2. The van der Waals surface area contributed by atoms with E-state index < -0.39 is 69.7 Å². The first-order valence-corrected chi connectivity index (χ1v) is 12.5. The number of ether oxygens (including phenoxy) is 3. The fraction of sp³-hybridized carbons (Fsp3) is 0.391. The summed E-state index contributed by atoms with van der Waals surface area (Å²) in [4.78, 5) is 22.9. The van der Waals surface area contributed by atoms with Gasteiger partial charge in [0.1, 0.15) is 11.9 Å². The van der Waals surface area contributed by atoms with Gasteiger partial charge in [-0.05, 0) is 44.2 Å². The number of carbonyl (C=O) groups excluding carboxylic acids is 1. The number of amides is 1. The second-order valence-corrected chi connectivity index (χ2v) is 10.7. The quantitative estimate of drug-likeness (QED) is 0.399. The molecule has 2 aromatic rings. The number of carboxylic acid groups (broad SMARTS) is 1. The van der Waals surface area contributed by atoms with Crippen LogP contribution in [0.15, 0.2) is 41.3 Å². The Morgan fingerprint density at radius 2 is 1.87 bits per heavy atom. The van der Waals surface area contributed by atoms with E-state index in [1.807, 2.05) is 0 Å². The summed E-state index contributed by atoms with van der Waals surface area (Å²) in [6, 6.07) is 6.19. The first-order chi connectivity index (χ1) is 18.0. The van der Waals surface area contributed by atoms with Gasteiger partial charge in [0, 0.05) is 18.2 Å². The van der Waals surface area contributed by atoms with Crippen LogP contribution in [0.5, 0.6) is 11.5 Å². The lowest BCUT2D eigenvalue weighted by Gasteiger charge is -2.36. The van der Waals surface area contributed by atoms with Gasteiger partial charge >= 0.3 is 18.2 Å². The number of aliphatic carboxylic acids is 1. The van der Waals surface area contributed by atoms with Crippen LogP contribution in [0, 0.1) is 5.82 Å². The Morgan fingerprint density at radius 3 is 2.46 bits per heavy atom. The van der Waals surface area contributed by atoms with Crippen molar-refractivity contribution in [2.75, 3.05) is 23.3 Å². The molecule has 16 heteroatoms. The molecule has 2 aromatic carbocycles. The summed E-state index contributed by atoms with van der Waals surface area (Å²) in [7, 11) is -3.40. The van der Waals surface area contributed by atoms with Crippen LogP contribution >= 0.6 is 0 Å². The Kier molecular flexibility index (Phi) is 8.21. The summed E-state index contributed by atoms with van der Waals surface area (Å²) in [6.45, 7) is 0.767. The molecule has 1 amide bonds. The number of methoxy groups -OCH3 is 1. The predicted molar refractivity (Wildman–Crippen MR) is 127 cm³/mol. The number of nitrogens with zero attached hydrogens (tertiary/aromatic N) is 1. The minimum absolute atomic E-state index is 0.115. The van der Waals surface area contributed by atoms with Crippen molar-refractivity contribution in [2.24, 2.45) is 0 Å². The van der Waals surface area contributed by atoms with E-state index in [1.165, 1.54) is 12.1 Å². The number of hydrogen-bond acceptors (Lipinski definition) is 8. The van der Waals surface area contributed by atoms with E-state index in [1.54, 1.807) is 0 Å². The molecule has 0 radical (unpaired) electrons. The molecule has 0 saturated heterocycles. The van der Waals surface area contributed by atoms with Gasteiger partial charge in [-0.1, -0.05) is 0 Å². The van der Waals surface area contributed by atoms with Crippen LogP contribution in [-0.2, 0) is 19.6 Å². The van der Waals surface area contributed by atoms with Crippen LogP contribution in [0.3, 0.4) is 0 Å². The van der Waals surface area contributed by atoms with Gasteiger partial charge in [-0.15, -0.1) is 0 Å². The van der Waals surface area contributed by atoms with Crippen LogP contribution in [0.1, 0.15) is 20.3 Å². The molecule has 11 nitrogen and oxygen atoms in total. The van der Waals surface area contributed by atoms with E-state index in [0.29, 0.717) is 13.8 Å². The lowest BCUT2D eigenvalue weighted by molar-refractivity contribution is -0.242. The van der Waals surface area contributed by atoms with Crippen molar-refractivity contribution in [2.45, 2.75) is 49.1 Å². The minimum atomic E-state index is -4.87. The van der Waals surface area contributed by atoms with Crippen molar-refractivity contribution in [3.05, 3.63) is 42.2 Å². The fourth-order valence-electron chi connectivity index (χ4n) is 3.45. The molecule has 0 aromatic heterocycles. The molecule has 0 bridgehead atoms.